The van der Waals surface area contributed by atoms with Crippen LogP contribution in [0.15, 0.2) is 53.7 Å². The van der Waals surface area contributed by atoms with E-state index in [0.29, 0.717) is 12.1 Å². The number of aromatic nitrogens is 1. The quantitative estimate of drug-likeness (QED) is 0.743. The van der Waals surface area contributed by atoms with Gasteiger partial charge in [0, 0.05) is 24.5 Å². The maximum atomic E-state index is 13.2. The number of carbonyl (C=O) groups excluding carboxylic acids is 1. The Hall–Kier alpha value is -1.89. The van der Waals surface area contributed by atoms with E-state index < -0.39 is 0 Å². The fraction of sp³-hybridized carbons (Fsp3) is 0.429. The van der Waals surface area contributed by atoms with Gasteiger partial charge in [0.1, 0.15) is 5.03 Å². The van der Waals surface area contributed by atoms with E-state index in [2.05, 4.69) is 22.0 Å². The van der Waals surface area contributed by atoms with Crippen molar-refractivity contribution in [3.8, 4) is 0 Å². The molecule has 1 fully saturated rings. The van der Waals surface area contributed by atoms with Crippen LogP contribution in [-0.2, 0) is 6.42 Å². The molecular weight excluding hydrogens is 358 g/mol. The number of carbonyl (C=O) groups is 1. The Morgan fingerprint density at radius 1 is 1.26 bits per heavy atom. The first kappa shape index (κ1) is 19.9. The number of aliphatic hydroxyl groups is 1. The van der Waals surface area contributed by atoms with E-state index in [1.807, 2.05) is 49.3 Å². The summed E-state index contributed by atoms with van der Waals surface area (Å²) < 4.78 is 0. The number of amides is 1. The summed E-state index contributed by atoms with van der Waals surface area (Å²) in [5, 5.41) is 10.5. The highest BCUT2D eigenvalue weighted by Crippen LogP contribution is 2.27. The van der Waals surface area contributed by atoms with Gasteiger partial charge >= 0.3 is 0 Å². The fourth-order valence-electron chi connectivity index (χ4n) is 3.42. The maximum Gasteiger partial charge on any atom is 0.256 e. The minimum absolute atomic E-state index is 0.00712. The number of rotatable bonds is 7. The van der Waals surface area contributed by atoms with Crippen molar-refractivity contribution in [2.45, 2.75) is 30.0 Å². The number of pyridine rings is 1. The number of benzene rings is 1. The molecule has 1 aliphatic heterocycles. The summed E-state index contributed by atoms with van der Waals surface area (Å²) in [5.41, 5.74) is 1.91. The Morgan fingerprint density at radius 2 is 2.04 bits per heavy atom. The third kappa shape index (κ3) is 4.89. The number of likely N-dealkylation sites (N-methyl/N-ethyl adjacent to an activating group) is 1. The lowest BCUT2D eigenvalue weighted by Crippen LogP contribution is -2.39. The third-order valence-electron chi connectivity index (χ3n) is 5.07. The lowest BCUT2D eigenvalue weighted by atomic mass is 10.1. The molecule has 3 rings (SSSR count). The second kappa shape index (κ2) is 9.35. The molecule has 5 nitrogen and oxygen atoms in total. The molecule has 27 heavy (non-hydrogen) atoms. The van der Waals surface area contributed by atoms with E-state index in [1.165, 1.54) is 5.56 Å². The molecule has 1 N–H and O–H groups in total. The maximum absolute atomic E-state index is 13.2. The lowest BCUT2D eigenvalue weighted by molar-refractivity contribution is 0.0669. The van der Waals surface area contributed by atoms with Crippen LogP contribution in [0.3, 0.4) is 0 Å². The monoisotopic (exact) mass is 385 g/mol. The van der Waals surface area contributed by atoms with Crippen LogP contribution in [0.5, 0.6) is 0 Å². The molecule has 0 saturated carbocycles. The average molecular weight is 386 g/mol. The predicted molar refractivity (Wildman–Crippen MR) is 109 cm³/mol. The van der Waals surface area contributed by atoms with E-state index in [0.717, 1.165) is 23.6 Å². The third-order valence-corrected chi connectivity index (χ3v) is 6.08. The van der Waals surface area contributed by atoms with E-state index in [-0.39, 0.29) is 24.6 Å². The van der Waals surface area contributed by atoms with Gasteiger partial charge in [0.15, 0.2) is 0 Å². The van der Waals surface area contributed by atoms with Gasteiger partial charge in [0.25, 0.3) is 5.91 Å². The van der Waals surface area contributed by atoms with Gasteiger partial charge in [0.2, 0.25) is 0 Å². The molecule has 1 aromatic carbocycles. The van der Waals surface area contributed by atoms with Crippen molar-refractivity contribution in [2.75, 3.05) is 33.0 Å². The number of hydrogen-bond donors (Lipinski definition) is 1. The summed E-state index contributed by atoms with van der Waals surface area (Å²) >= 11 is 1.61. The number of likely N-dealkylation sites (tertiary alicyclic amines) is 1. The second-order valence-electron chi connectivity index (χ2n) is 7.09. The summed E-state index contributed by atoms with van der Waals surface area (Å²) in [4.78, 5) is 21.6. The van der Waals surface area contributed by atoms with E-state index in [1.54, 1.807) is 18.0 Å². The number of nitrogens with zero attached hydrogens (tertiary/aromatic N) is 3. The minimum Gasteiger partial charge on any atom is -0.394 e. The number of aryl methyl sites for hydroxylation is 1. The molecule has 2 heterocycles. The molecule has 6 heteroatoms. The van der Waals surface area contributed by atoms with Crippen molar-refractivity contribution in [3.63, 3.8) is 0 Å². The SMILES string of the molecule is CN(C)[C@@H]1C[C@@H](CO)N(C(=O)c2cccnc2SCCc2ccccc2)C1. The summed E-state index contributed by atoms with van der Waals surface area (Å²) in [6.45, 7) is 0.632. The topological polar surface area (TPSA) is 56.7 Å². The molecule has 1 aromatic heterocycles. The first-order valence-corrected chi connectivity index (χ1v) is 10.3. The molecule has 144 valence electrons. The Labute approximate surface area is 165 Å². The van der Waals surface area contributed by atoms with Crippen LogP contribution in [0, 0.1) is 0 Å². The van der Waals surface area contributed by atoms with Crippen LogP contribution in [0.2, 0.25) is 0 Å². The molecule has 2 aromatic rings. The highest BCUT2D eigenvalue weighted by atomic mass is 32.2. The zero-order valence-electron chi connectivity index (χ0n) is 15.9. The van der Waals surface area contributed by atoms with Gasteiger partial charge in [-0.3, -0.25) is 4.79 Å². The van der Waals surface area contributed by atoms with Gasteiger partial charge in [0.05, 0.1) is 18.2 Å². The van der Waals surface area contributed by atoms with Crippen LogP contribution >= 0.6 is 11.8 Å². The van der Waals surface area contributed by atoms with Gasteiger partial charge in [-0.25, -0.2) is 4.98 Å². The van der Waals surface area contributed by atoms with Gasteiger partial charge < -0.3 is 14.9 Å². The van der Waals surface area contributed by atoms with Crippen LogP contribution < -0.4 is 0 Å². The highest BCUT2D eigenvalue weighted by Gasteiger charge is 2.36. The molecule has 0 bridgehead atoms. The lowest BCUT2D eigenvalue weighted by Gasteiger charge is -2.24. The van der Waals surface area contributed by atoms with Crippen molar-refractivity contribution in [2.24, 2.45) is 0 Å². The van der Waals surface area contributed by atoms with Crippen LogP contribution in [0.25, 0.3) is 0 Å². The number of thioether (sulfide) groups is 1. The standard InChI is InChI=1S/C21H27N3O2S/c1-23(2)17-13-18(15-25)24(14-17)21(26)19-9-6-11-22-20(19)27-12-10-16-7-4-3-5-8-16/h3-9,11,17-18,25H,10,12-15H2,1-2H3/t17-,18+/m1/s1. The van der Waals surface area contributed by atoms with Crippen LogP contribution in [0.4, 0.5) is 0 Å². The molecule has 0 unspecified atom stereocenters. The molecule has 0 aliphatic carbocycles. The van der Waals surface area contributed by atoms with Gasteiger partial charge in [-0.05, 0) is 44.6 Å². The molecule has 2 atom stereocenters. The van der Waals surface area contributed by atoms with Crippen LogP contribution in [-0.4, -0.2) is 70.9 Å². The van der Waals surface area contributed by atoms with E-state index >= 15 is 0 Å². The average Bonchev–Trinajstić information content (AvgIpc) is 3.13. The predicted octanol–water partition coefficient (Wildman–Crippen LogP) is 2.55. The Kier molecular flexibility index (Phi) is 6.88. The Bertz CT molecular complexity index is 754. The molecule has 1 amide bonds. The normalized spacial score (nSPS) is 19.6. The smallest absolute Gasteiger partial charge is 0.256 e. The van der Waals surface area contributed by atoms with Gasteiger partial charge in [-0.2, -0.15) is 0 Å². The van der Waals surface area contributed by atoms with Crippen molar-refractivity contribution in [3.05, 3.63) is 59.8 Å². The molecule has 0 radical (unpaired) electrons. The summed E-state index contributed by atoms with van der Waals surface area (Å²) in [6, 6.07) is 14.1. The summed E-state index contributed by atoms with van der Waals surface area (Å²) in [7, 11) is 4.03. The second-order valence-corrected chi connectivity index (χ2v) is 8.17. The molecule has 1 saturated heterocycles. The molecular formula is C21H27N3O2S. The van der Waals surface area contributed by atoms with E-state index in [9.17, 15) is 9.90 Å². The number of hydrogen-bond acceptors (Lipinski definition) is 5. The largest absolute Gasteiger partial charge is 0.394 e. The molecule has 0 spiro atoms. The summed E-state index contributed by atoms with van der Waals surface area (Å²) in [5.74, 6) is 0.833. The first-order valence-electron chi connectivity index (χ1n) is 9.30. The fourth-order valence-corrected chi connectivity index (χ4v) is 4.40. The Balaban J connectivity index is 1.70. The Morgan fingerprint density at radius 3 is 2.74 bits per heavy atom. The number of aliphatic hydroxyl groups excluding tert-OH is 1. The van der Waals surface area contributed by atoms with Crippen molar-refractivity contribution >= 4 is 17.7 Å². The first-order chi connectivity index (χ1) is 13.1. The van der Waals surface area contributed by atoms with Crippen molar-refractivity contribution in [1.82, 2.24) is 14.8 Å². The zero-order valence-corrected chi connectivity index (χ0v) is 16.7. The minimum atomic E-state index is -0.132. The van der Waals surface area contributed by atoms with Gasteiger partial charge in [-0.15, -0.1) is 11.8 Å². The molecule has 1 aliphatic rings. The zero-order chi connectivity index (χ0) is 19.2. The van der Waals surface area contributed by atoms with Crippen LogP contribution in [0.1, 0.15) is 22.3 Å². The summed E-state index contributed by atoms with van der Waals surface area (Å²) in [6.07, 6.45) is 3.46. The van der Waals surface area contributed by atoms with Crippen molar-refractivity contribution in [1.29, 1.82) is 0 Å². The van der Waals surface area contributed by atoms with Gasteiger partial charge in [-0.1, -0.05) is 30.3 Å². The van der Waals surface area contributed by atoms with E-state index in [4.69, 9.17) is 0 Å². The van der Waals surface area contributed by atoms with Crippen molar-refractivity contribution < 1.29 is 9.90 Å². The highest BCUT2D eigenvalue weighted by molar-refractivity contribution is 7.99.